The SMILES string of the molecule is Cc1ccnc(C(C)C)c1N1CC(=O)N=C(N2CC(C)N(C(=O)C=O)CC2C)c2cc(Cl)c(-c3ccccc3F)nc21. The molecule has 0 aliphatic carbocycles. The number of pyridine rings is 2. The molecule has 2 aliphatic heterocycles. The van der Waals surface area contributed by atoms with Gasteiger partial charge in [-0.2, -0.15) is 4.99 Å². The number of rotatable bonds is 4. The number of amides is 2. The van der Waals surface area contributed by atoms with Gasteiger partial charge in [0, 0.05) is 36.9 Å². The number of aliphatic imine (C=N–C) groups is 1. The Morgan fingerprint density at radius 3 is 2.55 bits per heavy atom. The fraction of sp³-hybridized carbons (Fsp3) is 0.355. The first-order chi connectivity index (χ1) is 20.0. The zero-order valence-electron chi connectivity index (χ0n) is 24.1. The van der Waals surface area contributed by atoms with E-state index in [1.54, 1.807) is 35.4 Å². The van der Waals surface area contributed by atoms with Crippen LogP contribution < -0.4 is 4.90 Å². The summed E-state index contributed by atoms with van der Waals surface area (Å²) in [5.41, 5.74) is 3.37. The lowest BCUT2D eigenvalue weighted by Gasteiger charge is -2.44. The van der Waals surface area contributed by atoms with Crippen LogP contribution in [0.25, 0.3) is 11.3 Å². The summed E-state index contributed by atoms with van der Waals surface area (Å²) < 4.78 is 15.0. The van der Waals surface area contributed by atoms with Crippen molar-refractivity contribution in [1.82, 2.24) is 19.8 Å². The number of fused-ring (bicyclic) bond motifs is 1. The molecule has 42 heavy (non-hydrogen) atoms. The summed E-state index contributed by atoms with van der Waals surface area (Å²) in [7, 11) is 0. The quantitative estimate of drug-likeness (QED) is 0.314. The van der Waals surface area contributed by atoms with Crippen molar-refractivity contribution in [1.29, 1.82) is 0 Å². The molecule has 5 rings (SSSR count). The fourth-order valence-electron chi connectivity index (χ4n) is 5.66. The Balaban J connectivity index is 1.74. The van der Waals surface area contributed by atoms with Crippen molar-refractivity contribution >= 4 is 47.0 Å². The van der Waals surface area contributed by atoms with Crippen LogP contribution in [0.5, 0.6) is 0 Å². The third kappa shape index (κ3) is 5.27. The molecular weight excluding hydrogens is 559 g/mol. The summed E-state index contributed by atoms with van der Waals surface area (Å²) >= 11 is 6.81. The van der Waals surface area contributed by atoms with Crippen LogP contribution in [0.15, 0.2) is 47.6 Å². The molecule has 1 saturated heterocycles. The van der Waals surface area contributed by atoms with Gasteiger partial charge < -0.3 is 14.7 Å². The third-order valence-corrected chi connectivity index (χ3v) is 8.01. The molecule has 1 fully saturated rings. The number of benzene rings is 1. The van der Waals surface area contributed by atoms with E-state index in [0.717, 1.165) is 16.9 Å². The molecule has 3 aromatic rings. The molecule has 2 amide bonds. The van der Waals surface area contributed by atoms with Gasteiger partial charge in [-0.15, -0.1) is 0 Å². The van der Waals surface area contributed by atoms with Crippen LogP contribution in [-0.4, -0.2) is 75.4 Å². The minimum absolute atomic E-state index is 0.0322. The zero-order valence-corrected chi connectivity index (χ0v) is 24.9. The number of nitrogens with zero attached hydrogens (tertiary/aromatic N) is 6. The van der Waals surface area contributed by atoms with E-state index in [4.69, 9.17) is 16.6 Å². The number of piperazine rings is 1. The summed E-state index contributed by atoms with van der Waals surface area (Å²) in [5, 5.41) is 0.198. The molecule has 4 heterocycles. The van der Waals surface area contributed by atoms with Crippen LogP contribution in [0.1, 0.15) is 50.4 Å². The average Bonchev–Trinajstić information content (AvgIpc) is 3.09. The largest absolute Gasteiger partial charge is 0.349 e. The highest BCUT2D eigenvalue weighted by atomic mass is 35.5. The number of hydrogen-bond donors (Lipinski definition) is 0. The van der Waals surface area contributed by atoms with E-state index in [2.05, 4.69) is 9.98 Å². The van der Waals surface area contributed by atoms with E-state index in [1.807, 2.05) is 45.6 Å². The third-order valence-electron chi connectivity index (χ3n) is 7.72. The molecular formula is C31H32ClFN6O3. The Kier molecular flexibility index (Phi) is 8.10. The fourth-order valence-corrected chi connectivity index (χ4v) is 5.91. The lowest BCUT2D eigenvalue weighted by atomic mass is 10.0. The number of hydrogen-bond acceptors (Lipinski definition) is 7. The van der Waals surface area contributed by atoms with Crippen molar-refractivity contribution in [2.45, 2.75) is 52.6 Å². The normalized spacial score (nSPS) is 19.0. The van der Waals surface area contributed by atoms with E-state index >= 15 is 4.39 Å². The Labute approximate surface area is 249 Å². The highest BCUT2D eigenvalue weighted by Crippen LogP contribution is 2.40. The Bertz CT molecular complexity index is 1610. The number of aryl methyl sites for hydroxylation is 1. The van der Waals surface area contributed by atoms with Crippen molar-refractivity contribution in [3.8, 4) is 11.3 Å². The molecule has 9 nitrogen and oxygen atoms in total. The summed E-state index contributed by atoms with van der Waals surface area (Å²) in [6.07, 6.45) is 2.05. The van der Waals surface area contributed by atoms with Gasteiger partial charge >= 0.3 is 0 Å². The molecule has 2 aliphatic rings. The molecule has 218 valence electrons. The number of carbonyl (C=O) groups excluding carboxylic acids is 3. The van der Waals surface area contributed by atoms with Gasteiger partial charge in [0.05, 0.1) is 27.7 Å². The number of aldehydes is 1. The van der Waals surface area contributed by atoms with Gasteiger partial charge in [0.1, 0.15) is 24.0 Å². The summed E-state index contributed by atoms with van der Waals surface area (Å²) in [6.45, 7) is 10.2. The van der Waals surface area contributed by atoms with Gasteiger partial charge in [-0.1, -0.05) is 37.6 Å². The van der Waals surface area contributed by atoms with Crippen LogP contribution in [0.3, 0.4) is 0 Å². The molecule has 0 radical (unpaired) electrons. The second-order valence-electron chi connectivity index (χ2n) is 11.1. The first-order valence-electron chi connectivity index (χ1n) is 13.8. The van der Waals surface area contributed by atoms with Crippen molar-refractivity contribution < 1.29 is 18.8 Å². The molecule has 2 atom stereocenters. The molecule has 0 N–H and O–H groups in total. The molecule has 0 saturated carbocycles. The number of carbonyl (C=O) groups is 3. The van der Waals surface area contributed by atoms with Crippen LogP contribution in [0.2, 0.25) is 5.02 Å². The molecule has 0 bridgehead atoms. The highest BCUT2D eigenvalue weighted by Gasteiger charge is 2.38. The van der Waals surface area contributed by atoms with Gasteiger partial charge in [0.25, 0.3) is 11.8 Å². The summed E-state index contributed by atoms with van der Waals surface area (Å²) in [5.74, 6) is -0.688. The maximum atomic E-state index is 15.0. The Morgan fingerprint density at radius 1 is 1.12 bits per heavy atom. The number of aromatic nitrogens is 2. The molecule has 0 spiro atoms. The minimum Gasteiger partial charge on any atom is -0.349 e. The van der Waals surface area contributed by atoms with Crippen LogP contribution in [0, 0.1) is 12.7 Å². The van der Waals surface area contributed by atoms with Crippen molar-refractivity contribution in [2.24, 2.45) is 4.99 Å². The van der Waals surface area contributed by atoms with Crippen molar-refractivity contribution in [2.75, 3.05) is 24.5 Å². The lowest BCUT2D eigenvalue weighted by Crippen LogP contribution is -2.60. The van der Waals surface area contributed by atoms with Gasteiger partial charge in [0.15, 0.2) is 0 Å². The minimum atomic E-state index is -0.591. The van der Waals surface area contributed by atoms with Crippen molar-refractivity contribution in [3.63, 3.8) is 0 Å². The van der Waals surface area contributed by atoms with E-state index in [0.29, 0.717) is 30.0 Å². The first kappa shape index (κ1) is 29.3. The predicted octanol–water partition coefficient (Wildman–Crippen LogP) is 4.91. The van der Waals surface area contributed by atoms with Gasteiger partial charge in [0.2, 0.25) is 6.29 Å². The maximum Gasteiger partial charge on any atom is 0.287 e. The second kappa shape index (κ2) is 11.6. The molecule has 1 aromatic carbocycles. The van der Waals surface area contributed by atoms with E-state index in [9.17, 15) is 14.4 Å². The first-order valence-corrected chi connectivity index (χ1v) is 14.2. The monoisotopic (exact) mass is 590 g/mol. The summed E-state index contributed by atoms with van der Waals surface area (Å²) in [4.78, 5) is 56.5. The standard InChI is InChI=1S/C31H32ClFN6O3/c1-17(2)27-29(18(3)10-11-34-27)39-15-25(41)35-30(38-14-19(4)37(13-20(38)5)26(42)16-40)22-12-23(32)28(36-31(22)39)21-8-6-7-9-24(21)33/h6-12,16-17,19-20H,13-15H2,1-5H3. The number of halogens is 2. The highest BCUT2D eigenvalue weighted by molar-refractivity contribution is 6.33. The Hall–Kier alpha value is -4.18. The zero-order chi connectivity index (χ0) is 30.3. The van der Waals surface area contributed by atoms with E-state index < -0.39 is 17.6 Å². The summed E-state index contributed by atoms with van der Waals surface area (Å²) in [6, 6.07) is 9.20. The number of anilines is 2. The maximum absolute atomic E-state index is 15.0. The Morgan fingerprint density at radius 2 is 1.86 bits per heavy atom. The van der Waals surface area contributed by atoms with E-state index in [-0.39, 0.29) is 47.4 Å². The smallest absolute Gasteiger partial charge is 0.287 e. The van der Waals surface area contributed by atoms with Gasteiger partial charge in [-0.25, -0.2) is 9.37 Å². The lowest BCUT2D eigenvalue weighted by molar-refractivity contribution is -0.142. The van der Waals surface area contributed by atoms with Gasteiger partial charge in [-0.3, -0.25) is 19.4 Å². The molecule has 2 unspecified atom stereocenters. The van der Waals surface area contributed by atoms with Crippen molar-refractivity contribution in [3.05, 3.63) is 70.3 Å². The van der Waals surface area contributed by atoms with Crippen LogP contribution >= 0.6 is 11.6 Å². The van der Waals surface area contributed by atoms with Crippen LogP contribution in [0.4, 0.5) is 15.9 Å². The number of amidine groups is 1. The van der Waals surface area contributed by atoms with Crippen LogP contribution in [-0.2, 0) is 14.4 Å². The average molecular weight is 591 g/mol. The van der Waals surface area contributed by atoms with E-state index in [1.165, 1.54) is 11.0 Å². The second-order valence-corrected chi connectivity index (χ2v) is 11.5. The molecule has 11 heteroatoms. The predicted molar refractivity (Wildman–Crippen MR) is 160 cm³/mol. The molecule has 2 aromatic heterocycles. The van der Waals surface area contributed by atoms with Gasteiger partial charge in [-0.05, 0) is 56.5 Å². The topological polar surface area (TPSA) is 99.1 Å².